The van der Waals surface area contributed by atoms with Gasteiger partial charge in [-0.1, -0.05) is 0 Å². The Morgan fingerprint density at radius 1 is 1.15 bits per heavy atom. The second-order valence-corrected chi connectivity index (χ2v) is 3.49. The highest BCUT2D eigenvalue weighted by atomic mass is 19.2. The van der Waals surface area contributed by atoms with E-state index in [0.717, 1.165) is 0 Å². The summed E-state index contributed by atoms with van der Waals surface area (Å²) in [6.07, 6.45) is 0. The molecule has 0 bridgehead atoms. The van der Waals surface area contributed by atoms with Crippen LogP contribution in [-0.4, -0.2) is 25.1 Å². The summed E-state index contributed by atoms with van der Waals surface area (Å²) in [5.74, 6) is -9.27. The van der Waals surface area contributed by atoms with Gasteiger partial charge in [0, 0.05) is 12.6 Å². The fourth-order valence-corrected chi connectivity index (χ4v) is 1.18. The highest BCUT2D eigenvalue weighted by molar-refractivity contribution is 5.94. The maximum Gasteiger partial charge on any atom is 0.321 e. The summed E-state index contributed by atoms with van der Waals surface area (Å²) in [5, 5.41) is 3.99. The van der Waals surface area contributed by atoms with E-state index in [-0.39, 0.29) is 12.6 Å². The quantitative estimate of drug-likeness (QED) is 0.652. The standard InChI is InChI=1S/C11H10F4N2O3/c1-2-16-11(19)17-7(18)4-20-10-8(14)5(12)3-6(13)9(10)15/h3H,2,4H2,1H3,(H2,16,17,18,19). The molecule has 0 aliphatic heterocycles. The summed E-state index contributed by atoms with van der Waals surface area (Å²) < 4.78 is 56.3. The lowest BCUT2D eigenvalue weighted by Gasteiger charge is -2.09. The van der Waals surface area contributed by atoms with Gasteiger partial charge in [0.2, 0.25) is 11.6 Å². The topological polar surface area (TPSA) is 67.4 Å². The Hall–Kier alpha value is -2.32. The van der Waals surface area contributed by atoms with Crippen molar-refractivity contribution in [1.82, 2.24) is 10.6 Å². The maximum atomic E-state index is 13.2. The van der Waals surface area contributed by atoms with E-state index < -0.39 is 47.6 Å². The van der Waals surface area contributed by atoms with Crippen LogP contribution >= 0.6 is 0 Å². The van der Waals surface area contributed by atoms with E-state index in [4.69, 9.17) is 0 Å². The number of urea groups is 1. The number of imide groups is 1. The largest absolute Gasteiger partial charge is 0.477 e. The van der Waals surface area contributed by atoms with Crippen molar-refractivity contribution < 1.29 is 31.9 Å². The van der Waals surface area contributed by atoms with E-state index in [9.17, 15) is 27.2 Å². The van der Waals surface area contributed by atoms with E-state index in [0.29, 0.717) is 0 Å². The molecule has 0 aromatic heterocycles. The van der Waals surface area contributed by atoms with Crippen LogP contribution in [0.2, 0.25) is 0 Å². The molecule has 1 aromatic carbocycles. The number of amides is 3. The minimum atomic E-state index is -1.77. The van der Waals surface area contributed by atoms with Gasteiger partial charge in [0.1, 0.15) is 0 Å². The molecule has 9 heteroatoms. The predicted molar refractivity (Wildman–Crippen MR) is 59.0 cm³/mol. The molecule has 0 fully saturated rings. The number of halogens is 4. The van der Waals surface area contributed by atoms with Crippen LogP contribution in [0.1, 0.15) is 6.92 Å². The van der Waals surface area contributed by atoms with Crippen molar-refractivity contribution in [3.8, 4) is 5.75 Å². The van der Waals surface area contributed by atoms with Crippen molar-refractivity contribution in [3.05, 3.63) is 29.3 Å². The lowest BCUT2D eigenvalue weighted by Crippen LogP contribution is -2.41. The molecule has 1 rings (SSSR count). The molecule has 5 nitrogen and oxygen atoms in total. The van der Waals surface area contributed by atoms with Gasteiger partial charge in [0.15, 0.2) is 24.0 Å². The Morgan fingerprint density at radius 3 is 2.20 bits per heavy atom. The molecule has 0 aliphatic carbocycles. The Labute approximate surface area is 110 Å². The van der Waals surface area contributed by atoms with Crippen LogP contribution in [0.3, 0.4) is 0 Å². The number of hydrogen-bond acceptors (Lipinski definition) is 3. The van der Waals surface area contributed by atoms with E-state index in [2.05, 4.69) is 10.1 Å². The molecule has 1 aromatic rings. The highest BCUT2D eigenvalue weighted by Crippen LogP contribution is 2.26. The first-order valence-electron chi connectivity index (χ1n) is 5.40. The monoisotopic (exact) mass is 294 g/mol. The van der Waals surface area contributed by atoms with Gasteiger partial charge in [0.25, 0.3) is 5.91 Å². The predicted octanol–water partition coefficient (Wildman–Crippen LogP) is 1.47. The second kappa shape index (κ2) is 6.73. The summed E-state index contributed by atoms with van der Waals surface area (Å²) in [5.41, 5.74) is 0. The third-order valence-electron chi connectivity index (χ3n) is 2.01. The Morgan fingerprint density at radius 2 is 1.70 bits per heavy atom. The third kappa shape index (κ3) is 3.84. The molecule has 0 aliphatic rings. The zero-order valence-corrected chi connectivity index (χ0v) is 10.2. The van der Waals surface area contributed by atoms with Crippen molar-refractivity contribution in [2.75, 3.05) is 13.2 Å². The van der Waals surface area contributed by atoms with E-state index >= 15 is 0 Å². The molecule has 110 valence electrons. The van der Waals surface area contributed by atoms with Crippen molar-refractivity contribution >= 4 is 11.9 Å². The van der Waals surface area contributed by atoms with Gasteiger partial charge < -0.3 is 10.1 Å². The molecule has 0 radical (unpaired) electrons. The summed E-state index contributed by atoms with van der Waals surface area (Å²) in [6.45, 7) is 0.854. The lowest BCUT2D eigenvalue weighted by molar-refractivity contribution is -0.122. The molecule has 0 spiro atoms. The first-order chi connectivity index (χ1) is 9.36. The van der Waals surface area contributed by atoms with Crippen LogP contribution in [-0.2, 0) is 4.79 Å². The van der Waals surface area contributed by atoms with Crippen LogP contribution in [0.25, 0.3) is 0 Å². The number of carbonyl (C=O) groups excluding carboxylic acids is 2. The lowest BCUT2D eigenvalue weighted by atomic mass is 10.3. The average molecular weight is 294 g/mol. The number of rotatable bonds is 4. The smallest absolute Gasteiger partial charge is 0.321 e. The van der Waals surface area contributed by atoms with Gasteiger partial charge in [0.05, 0.1) is 0 Å². The number of hydrogen-bond donors (Lipinski definition) is 2. The Kier molecular flexibility index (Phi) is 5.30. The summed E-state index contributed by atoms with van der Waals surface area (Å²) >= 11 is 0. The zero-order valence-electron chi connectivity index (χ0n) is 10.2. The van der Waals surface area contributed by atoms with Crippen LogP contribution in [0.5, 0.6) is 5.75 Å². The molecule has 20 heavy (non-hydrogen) atoms. The number of benzene rings is 1. The maximum absolute atomic E-state index is 13.2. The molecule has 0 saturated heterocycles. The number of nitrogens with one attached hydrogen (secondary N) is 2. The van der Waals surface area contributed by atoms with E-state index in [1.165, 1.54) is 0 Å². The van der Waals surface area contributed by atoms with Gasteiger partial charge >= 0.3 is 6.03 Å². The molecular formula is C11H10F4N2O3. The summed E-state index contributed by atoms with van der Waals surface area (Å²) in [6, 6.07) is -0.834. The van der Waals surface area contributed by atoms with Crippen LogP contribution in [0.4, 0.5) is 22.4 Å². The molecule has 0 saturated carbocycles. The van der Waals surface area contributed by atoms with Crippen molar-refractivity contribution in [3.63, 3.8) is 0 Å². The van der Waals surface area contributed by atoms with Crippen LogP contribution in [0, 0.1) is 23.3 Å². The molecule has 0 atom stereocenters. The van der Waals surface area contributed by atoms with Gasteiger partial charge in [-0.3, -0.25) is 10.1 Å². The second-order valence-electron chi connectivity index (χ2n) is 3.49. The number of ether oxygens (including phenoxy) is 1. The fourth-order valence-electron chi connectivity index (χ4n) is 1.18. The van der Waals surface area contributed by atoms with Gasteiger partial charge in [-0.2, -0.15) is 8.78 Å². The minimum absolute atomic E-state index is 0.00624. The van der Waals surface area contributed by atoms with E-state index in [1.54, 1.807) is 12.2 Å². The first kappa shape index (κ1) is 15.7. The third-order valence-corrected chi connectivity index (χ3v) is 2.01. The summed E-state index contributed by atoms with van der Waals surface area (Å²) in [4.78, 5) is 22.1. The zero-order chi connectivity index (χ0) is 15.3. The molecule has 0 heterocycles. The molecular weight excluding hydrogens is 284 g/mol. The Bertz CT molecular complexity index is 511. The average Bonchev–Trinajstić information content (AvgIpc) is 2.36. The van der Waals surface area contributed by atoms with Crippen LogP contribution in [0.15, 0.2) is 6.07 Å². The van der Waals surface area contributed by atoms with Crippen molar-refractivity contribution in [1.29, 1.82) is 0 Å². The van der Waals surface area contributed by atoms with Crippen molar-refractivity contribution in [2.24, 2.45) is 0 Å². The van der Waals surface area contributed by atoms with Gasteiger partial charge in [-0.05, 0) is 6.92 Å². The van der Waals surface area contributed by atoms with E-state index in [1.807, 2.05) is 0 Å². The summed E-state index contributed by atoms with van der Waals surface area (Å²) in [7, 11) is 0. The van der Waals surface area contributed by atoms with Crippen molar-refractivity contribution in [2.45, 2.75) is 6.92 Å². The molecule has 2 N–H and O–H groups in total. The normalized spacial score (nSPS) is 10.1. The minimum Gasteiger partial charge on any atom is -0.477 e. The van der Waals surface area contributed by atoms with Gasteiger partial charge in [-0.15, -0.1) is 0 Å². The number of carbonyl (C=O) groups is 2. The van der Waals surface area contributed by atoms with Gasteiger partial charge in [-0.25, -0.2) is 13.6 Å². The highest BCUT2D eigenvalue weighted by Gasteiger charge is 2.21. The molecule has 3 amide bonds. The van der Waals surface area contributed by atoms with Crippen LogP contribution < -0.4 is 15.4 Å². The SMILES string of the molecule is CCNC(=O)NC(=O)COc1c(F)c(F)cc(F)c1F. The first-order valence-corrected chi connectivity index (χ1v) is 5.40. The fraction of sp³-hybridized carbons (Fsp3) is 0.273. The molecule has 0 unspecified atom stereocenters. The Balaban J connectivity index is 2.71.